The second kappa shape index (κ2) is 7.14. The van der Waals surface area contributed by atoms with Crippen molar-refractivity contribution in [3.8, 4) is 11.3 Å². The average molecular weight is 339 g/mol. The van der Waals surface area contributed by atoms with Gasteiger partial charge < -0.3 is 9.90 Å². The van der Waals surface area contributed by atoms with Crippen LogP contribution in [0.3, 0.4) is 0 Å². The van der Waals surface area contributed by atoms with E-state index in [9.17, 15) is 14.7 Å². The van der Waals surface area contributed by atoms with Gasteiger partial charge in [0.25, 0.3) is 5.91 Å². The molecule has 0 atom stereocenters. The van der Waals surface area contributed by atoms with Crippen molar-refractivity contribution in [3.63, 3.8) is 0 Å². The number of hydrogen-bond donors (Lipinski definition) is 1. The number of hydrogen-bond acceptors (Lipinski definition) is 4. The number of amides is 1. The molecule has 6 heteroatoms. The molecule has 3 rings (SSSR count). The smallest absolute Gasteiger partial charge is 0.280 e. The first-order valence-electron chi connectivity index (χ1n) is 7.46. The number of carboxylic acid groups (broad SMARTS) is 1. The summed E-state index contributed by atoms with van der Waals surface area (Å²) in [6, 6.07) is 16.9. The lowest BCUT2D eigenvalue weighted by Gasteiger charge is -2.15. The quantitative estimate of drug-likeness (QED) is 0.749. The second-order valence-corrected chi connectivity index (χ2v) is 6.15. The van der Waals surface area contributed by atoms with Crippen molar-refractivity contribution in [2.45, 2.75) is 12.8 Å². The maximum absolute atomic E-state index is 12.4. The van der Waals surface area contributed by atoms with Crippen LogP contribution in [0, 0.1) is 0 Å². The Hall–Kier alpha value is -2.86. The van der Waals surface area contributed by atoms with E-state index in [0.717, 1.165) is 11.3 Å². The van der Waals surface area contributed by atoms with Crippen LogP contribution in [0.2, 0.25) is 0 Å². The molecule has 1 amide bonds. The van der Waals surface area contributed by atoms with Crippen molar-refractivity contribution >= 4 is 23.2 Å². The van der Waals surface area contributed by atoms with Gasteiger partial charge in [0.15, 0.2) is 0 Å². The zero-order valence-electron chi connectivity index (χ0n) is 12.8. The molecule has 1 N–H and O–H groups in total. The van der Waals surface area contributed by atoms with E-state index in [1.807, 2.05) is 53.9 Å². The summed E-state index contributed by atoms with van der Waals surface area (Å²) < 4.78 is 1.65. The predicted octanol–water partition coefficient (Wildman–Crippen LogP) is 2.28. The molecular formula is C18H15N2O3S-. The predicted molar refractivity (Wildman–Crippen MR) is 91.2 cm³/mol. The lowest BCUT2D eigenvalue weighted by Crippen LogP contribution is -2.26. The van der Waals surface area contributed by atoms with Crippen LogP contribution >= 0.6 is 11.3 Å². The highest BCUT2D eigenvalue weighted by Gasteiger charge is 2.14. The highest BCUT2D eigenvalue weighted by Crippen LogP contribution is 2.22. The largest absolute Gasteiger partial charge is 0.550 e. The first kappa shape index (κ1) is 16.0. The number of thiophene rings is 1. The lowest BCUT2D eigenvalue weighted by atomic mass is 10.2. The normalized spacial score (nSPS) is 10.5. The van der Waals surface area contributed by atoms with Crippen LogP contribution in [0.5, 0.6) is 0 Å². The van der Waals surface area contributed by atoms with Gasteiger partial charge in [-0.1, -0.05) is 36.4 Å². The average Bonchev–Trinajstić information content (AvgIpc) is 3.24. The number of aryl methyl sites for hydroxylation is 1. The SMILES string of the molecule is O=C([O-])CCc1ccc(-c2ccccc2)n1NC(=O)c1cccs1. The number of nitrogens with zero attached hydrogens (tertiary/aromatic N) is 1. The molecule has 0 radical (unpaired) electrons. The van der Waals surface area contributed by atoms with E-state index in [0.29, 0.717) is 10.6 Å². The Labute approximate surface area is 143 Å². The topological polar surface area (TPSA) is 74.2 Å². The van der Waals surface area contributed by atoms with E-state index in [2.05, 4.69) is 5.43 Å². The summed E-state index contributed by atoms with van der Waals surface area (Å²) in [6.07, 6.45) is 0.174. The van der Waals surface area contributed by atoms with E-state index in [-0.39, 0.29) is 18.7 Å². The molecule has 0 spiro atoms. The van der Waals surface area contributed by atoms with Crippen LogP contribution in [0.4, 0.5) is 0 Å². The Bertz CT molecular complexity index is 839. The highest BCUT2D eigenvalue weighted by atomic mass is 32.1. The number of benzene rings is 1. The minimum atomic E-state index is -1.12. The summed E-state index contributed by atoms with van der Waals surface area (Å²) in [5, 5.41) is 12.6. The molecule has 0 aliphatic carbocycles. The maximum atomic E-state index is 12.4. The van der Waals surface area contributed by atoms with E-state index in [1.165, 1.54) is 11.3 Å². The molecule has 3 aromatic rings. The molecule has 2 aromatic heterocycles. The van der Waals surface area contributed by atoms with Crippen LogP contribution in [0.25, 0.3) is 11.3 Å². The molecule has 0 fully saturated rings. The van der Waals surface area contributed by atoms with E-state index >= 15 is 0 Å². The van der Waals surface area contributed by atoms with Crippen LogP contribution in [0.15, 0.2) is 60.0 Å². The summed E-state index contributed by atoms with van der Waals surface area (Å²) in [5.41, 5.74) is 5.30. The van der Waals surface area contributed by atoms with Crippen LogP contribution < -0.4 is 10.5 Å². The summed E-state index contributed by atoms with van der Waals surface area (Å²) in [5.74, 6) is -1.35. The molecule has 0 bridgehead atoms. The van der Waals surface area contributed by atoms with E-state index in [1.54, 1.807) is 10.7 Å². The van der Waals surface area contributed by atoms with Gasteiger partial charge >= 0.3 is 0 Å². The van der Waals surface area contributed by atoms with Crippen molar-refractivity contribution < 1.29 is 14.7 Å². The third kappa shape index (κ3) is 3.55. The van der Waals surface area contributed by atoms with Gasteiger partial charge in [-0.2, -0.15) is 0 Å². The fraction of sp³-hybridized carbons (Fsp3) is 0.111. The zero-order chi connectivity index (χ0) is 16.9. The van der Waals surface area contributed by atoms with Crippen LogP contribution in [0.1, 0.15) is 21.8 Å². The Morgan fingerprint density at radius 2 is 1.83 bits per heavy atom. The Kier molecular flexibility index (Phi) is 4.77. The number of carboxylic acids is 1. The zero-order valence-corrected chi connectivity index (χ0v) is 13.6. The van der Waals surface area contributed by atoms with Crippen molar-refractivity contribution in [2.75, 3.05) is 5.43 Å². The molecule has 1 aromatic carbocycles. The molecule has 0 aliphatic rings. The maximum Gasteiger partial charge on any atom is 0.280 e. The molecule has 2 heterocycles. The van der Waals surface area contributed by atoms with Gasteiger partial charge in [0.05, 0.1) is 10.6 Å². The number of carbonyl (C=O) groups is 2. The third-order valence-corrected chi connectivity index (χ3v) is 4.44. The standard InChI is InChI=1S/C18H16N2O3S/c21-17(22)11-9-14-8-10-15(13-5-2-1-3-6-13)20(14)19-18(23)16-7-4-12-24-16/h1-8,10,12H,9,11H2,(H,19,23)(H,21,22)/p-1. The van der Waals surface area contributed by atoms with Gasteiger partial charge in [0.2, 0.25) is 0 Å². The number of carbonyl (C=O) groups excluding carboxylic acids is 2. The third-order valence-electron chi connectivity index (χ3n) is 3.57. The molecule has 5 nitrogen and oxygen atoms in total. The Balaban J connectivity index is 1.94. The molecular weight excluding hydrogens is 324 g/mol. The molecule has 24 heavy (non-hydrogen) atoms. The molecule has 0 saturated heterocycles. The first-order valence-corrected chi connectivity index (χ1v) is 8.34. The van der Waals surface area contributed by atoms with Crippen LogP contribution in [-0.4, -0.2) is 16.6 Å². The van der Waals surface area contributed by atoms with Gasteiger partial charge in [-0.25, -0.2) is 0 Å². The van der Waals surface area contributed by atoms with Crippen molar-refractivity contribution in [3.05, 3.63) is 70.5 Å². The van der Waals surface area contributed by atoms with Gasteiger partial charge in [0.1, 0.15) is 0 Å². The highest BCUT2D eigenvalue weighted by molar-refractivity contribution is 7.12. The molecule has 0 unspecified atom stereocenters. The number of aromatic nitrogens is 1. The van der Waals surface area contributed by atoms with Gasteiger partial charge in [-0.05, 0) is 36.4 Å². The number of nitrogens with one attached hydrogen (secondary N) is 1. The summed E-state index contributed by atoms with van der Waals surface area (Å²) in [6.45, 7) is 0. The number of aliphatic carboxylic acids is 1. The van der Waals surface area contributed by atoms with E-state index < -0.39 is 5.97 Å². The fourth-order valence-electron chi connectivity index (χ4n) is 2.43. The summed E-state index contributed by atoms with van der Waals surface area (Å²) in [7, 11) is 0. The fourth-order valence-corrected chi connectivity index (χ4v) is 3.05. The Morgan fingerprint density at radius 1 is 1.04 bits per heavy atom. The number of rotatable bonds is 6. The Morgan fingerprint density at radius 3 is 2.50 bits per heavy atom. The summed E-state index contributed by atoms with van der Waals surface area (Å²) in [4.78, 5) is 23.8. The first-order chi connectivity index (χ1) is 11.6. The van der Waals surface area contributed by atoms with E-state index in [4.69, 9.17) is 0 Å². The minimum absolute atomic E-state index is 0.104. The van der Waals surface area contributed by atoms with Crippen molar-refractivity contribution in [2.24, 2.45) is 0 Å². The lowest BCUT2D eigenvalue weighted by molar-refractivity contribution is -0.305. The molecule has 0 saturated carbocycles. The molecule has 122 valence electrons. The van der Waals surface area contributed by atoms with Gasteiger partial charge in [0, 0.05) is 17.2 Å². The molecule has 0 aliphatic heterocycles. The summed E-state index contributed by atoms with van der Waals surface area (Å²) >= 11 is 1.35. The van der Waals surface area contributed by atoms with Crippen molar-refractivity contribution in [1.82, 2.24) is 4.68 Å². The second-order valence-electron chi connectivity index (χ2n) is 5.20. The van der Waals surface area contributed by atoms with Crippen molar-refractivity contribution in [1.29, 1.82) is 0 Å². The van der Waals surface area contributed by atoms with Crippen LogP contribution in [-0.2, 0) is 11.2 Å². The minimum Gasteiger partial charge on any atom is -0.550 e. The van der Waals surface area contributed by atoms with Gasteiger partial charge in [-0.3, -0.25) is 14.9 Å². The van der Waals surface area contributed by atoms with Gasteiger partial charge in [-0.15, -0.1) is 11.3 Å². The monoisotopic (exact) mass is 339 g/mol.